The number of likely N-dealkylation sites (N-methyl/N-ethyl adjacent to an activating group) is 1. The van der Waals surface area contributed by atoms with Crippen molar-refractivity contribution in [1.82, 2.24) is 9.47 Å². The van der Waals surface area contributed by atoms with Crippen molar-refractivity contribution in [2.45, 2.75) is 52.2 Å². The van der Waals surface area contributed by atoms with Crippen LogP contribution in [0.2, 0.25) is 0 Å². The minimum Gasteiger partial charge on any atom is -0.344 e. The minimum atomic E-state index is 0.473. The Kier molecular flexibility index (Phi) is 4.16. The molecule has 2 nitrogen and oxygen atoms in total. The highest BCUT2D eigenvalue weighted by molar-refractivity contribution is 5.87. The fraction of sp³-hybridized carbons (Fsp3) is 0.391. The zero-order valence-corrected chi connectivity index (χ0v) is 15.8. The summed E-state index contributed by atoms with van der Waals surface area (Å²) in [6.45, 7) is 7.97. The van der Waals surface area contributed by atoms with Crippen molar-refractivity contribution in [3.63, 3.8) is 0 Å². The lowest BCUT2D eigenvalue weighted by atomic mass is 9.93. The summed E-state index contributed by atoms with van der Waals surface area (Å²) in [5.74, 6) is 0. The van der Waals surface area contributed by atoms with E-state index in [-0.39, 0.29) is 0 Å². The number of hydrogen-bond acceptors (Lipinski definition) is 1. The second kappa shape index (κ2) is 6.34. The van der Waals surface area contributed by atoms with E-state index in [9.17, 15) is 0 Å². The molecule has 0 spiro atoms. The van der Waals surface area contributed by atoms with Crippen molar-refractivity contribution in [1.29, 1.82) is 0 Å². The first-order valence-corrected chi connectivity index (χ1v) is 9.43. The summed E-state index contributed by atoms with van der Waals surface area (Å²) in [7, 11) is 2.27. The maximum atomic E-state index is 2.59. The van der Waals surface area contributed by atoms with Gasteiger partial charge in [0.05, 0.1) is 0 Å². The summed E-state index contributed by atoms with van der Waals surface area (Å²) < 4.78 is 2.59. The van der Waals surface area contributed by atoms with Crippen LogP contribution in [-0.4, -0.2) is 22.6 Å². The zero-order valence-electron chi connectivity index (χ0n) is 15.8. The second-order valence-corrected chi connectivity index (χ2v) is 7.66. The Labute approximate surface area is 151 Å². The molecule has 0 aliphatic carbocycles. The third-order valence-electron chi connectivity index (χ3n) is 6.05. The molecule has 0 amide bonds. The first kappa shape index (κ1) is 16.4. The molecule has 0 N–H and O–H groups in total. The predicted molar refractivity (Wildman–Crippen MR) is 106 cm³/mol. The third-order valence-corrected chi connectivity index (χ3v) is 6.05. The Morgan fingerprint density at radius 3 is 2.56 bits per heavy atom. The summed E-state index contributed by atoms with van der Waals surface area (Å²) >= 11 is 0. The average molecular weight is 332 g/mol. The fourth-order valence-electron chi connectivity index (χ4n) is 4.38. The van der Waals surface area contributed by atoms with Gasteiger partial charge in [0.25, 0.3) is 0 Å². The van der Waals surface area contributed by atoms with Crippen LogP contribution in [0.4, 0.5) is 0 Å². The molecule has 3 aromatic rings. The van der Waals surface area contributed by atoms with Crippen molar-refractivity contribution in [3.05, 3.63) is 70.9 Å². The standard InChI is InChI=1S/C23H28N2/c1-16-10-11-21-20(14-16)23-18(3)24(4)17(2)15-22(23)25(21)13-12-19-8-6-5-7-9-19/h5-11,14,17-18H,12-13,15H2,1-4H3/t17-,18+/m1/s1. The summed E-state index contributed by atoms with van der Waals surface area (Å²) in [6, 6.07) is 18.9. The van der Waals surface area contributed by atoms with Crippen LogP contribution < -0.4 is 0 Å². The Balaban J connectivity index is 1.82. The maximum absolute atomic E-state index is 2.59. The number of benzene rings is 2. The highest BCUT2D eigenvalue weighted by Gasteiger charge is 2.31. The molecule has 0 saturated heterocycles. The lowest BCUT2D eigenvalue weighted by Gasteiger charge is -2.37. The predicted octanol–water partition coefficient (Wildman–Crippen LogP) is 5.13. The van der Waals surface area contributed by atoms with E-state index in [1.54, 1.807) is 11.3 Å². The van der Waals surface area contributed by atoms with E-state index in [1.165, 1.54) is 22.0 Å². The molecular weight excluding hydrogens is 304 g/mol. The molecule has 2 aromatic carbocycles. The van der Waals surface area contributed by atoms with Crippen LogP contribution in [0, 0.1) is 6.92 Å². The van der Waals surface area contributed by atoms with E-state index in [2.05, 4.69) is 85.8 Å². The topological polar surface area (TPSA) is 8.17 Å². The van der Waals surface area contributed by atoms with Crippen LogP contribution in [0.5, 0.6) is 0 Å². The zero-order chi connectivity index (χ0) is 17.6. The average Bonchev–Trinajstić information content (AvgIpc) is 2.91. The summed E-state index contributed by atoms with van der Waals surface area (Å²) in [4.78, 5) is 2.52. The number of nitrogens with zero attached hydrogens (tertiary/aromatic N) is 2. The molecule has 0 unspecified atom stereocenters. The highest BCUT2D eigenvalue weighted by atomic mass is 15.2. The number of aromatic nitrogens is 1. The highest BCUT2D eigenvalue weighted by Crippen LogP contribution is 2.39. The van der Waals surface area contributed by atoms with Crippen LogP contribution in [0.15, 0.2) is 48.5 Å². The van der Waals surface area contributed by atoms with Gasteiger partial charge in [-0.3, -0.25) is 4.90 Å². The summed E-state index contributed by atoms with van der Waals surface area (Å²) in [5.41, 5.74) is 7.27. The molecule has 1 aromatic heterocycles. The van der Waals surface area contributed by atoms with Gasteiger partial charge in [-0.15, -0.1) is 0 Å². The Morgan fingerprint density at radius 1 is 1.04 bits per heavy atom. The molecule has 130 valence electrons. The fourth-order valence-corrected chi connectivity index (χ4v) is 4.38. The summed E-state index contributed by atoms with van der Waals surface area (Å²) in [6.07, 6.45) is 2.22. The first-order chi connectivity index (χ1) is 12.1. The maximum Gasteiger partial charge on any atom is 0.0486 e. The molecule has 4 rings (SSSR count). The Bertz CT molecular complexity index is 891. The van der Waals surface area contributed by atoms with E-state index in [1.807, 2.05) is 0 Å². The number of rotatable bonds is 3. The summed E-state index contributed by atoms with van der Waals surface area (Å²) in [5, 5.41) is 1.45. The normalized spacial score (nSPS) is 20.8. The largest absolute Gasteiger partial charge is 0.344 e. The molecule has 1 aliphatic rings. The van der Waals surface area contributed by atoms with Gasteiger partial charge in [-0.05, 0) is 57.5 Å². The van der Waals surface area contributed by atoms with Gasteiger partial charge in [-0.2, -0.15) is 0 Å². The van der Waals surface area contributed by atoms with Gasteiger partial charge < -0.3 is 4.57 Å². The molecule has 25 heavy (non-hydrogen) atoms. The molecule has 0 bridgehead atoms. The quantitative estimate of drug-likeness (QED) is 0.645. The molecule has 0 saturated carbocycles. The van der Waals surface area contributed by atoms with Gasteiger partial charge in [0.1, 0.15) is 0 Å². The Morgan fingerprint density at radius 2 is 1.80 bits per heavy atom. The monoisotopic (exact) mass is 332 g/mol. The van der Waals surface area contributed by atoms with E-state index < -0.39 is 0 Å². The molecule has 0 fully saturated rings. The van der Waals surface area contributed by atoms with Crippen LogP contribution in [0.25, 0.3) is 10.9 Å². The molecule has 2 atom stereocenters. The Hall–Kier alpha value is -2.06. The molecule has 2 heterocycles. The first-order valence-electron chi connectivity index (χ1n) is 9.43. The van der Waals surface area contributed by atoms with Crippen molar-refractivity contribution < 1.29 is 0 Å². The SMILES string of the molecule is Cc1ccc2c(c1)c1c(n2CCc2ccccc2)C[C@@H](C)N(C)[C@H]1C. The van der Waals surface area contributed by atoms with Crippen LogP contribution in [0.3, 0.4) is 0 Å². The van der Waals surface area contributed by atoms with Gasteiger partial charge in [0, 0.05) is 41.6 Å². The molecule has 2 heteroatoms. The van der Waals surface area contributed by atoms with E-state index >= 15 is 0 Å². The van der Waals surface area contributed by atoms with Gasteiger partial charge >= 0.3 is 0 Å². The van der Waals surface area contributed by atoms with Crippen molar-refractivity contribution >= 4 is 10.9 Å². The third kappa shape index (κ3) is 2.79. The van der Waals surface area contributed by atoms with Crippen molar-refractivity contribution in [2.24, 2.45) is 0 Å². The van der Waals surface area contributed by atoms with Crippen LogP contribution in [0.1, 0.15) is 42.3 Å². The lowest BCUT2D eigenvalue weighted by Crippen LogP contribution is -2.38. The van der Waals surface area contributed by atoms with Gasteiger partial charge in [-0.25, -0.2) is 0 Å². The number of aryl methyl sites for hydroxylation is 3. The lowest BCUT2D eigenvalue weighted by molar-refractivity contribution is 0.177. The van der Waals surface area contributed by atoms with Gasteiger partial charge in [0.15, 0.2) is 0 Å². The van der Waals surface area contributed by atoms with Crippen LogP contribution in [-0.2, 0) is 19.4 Å². The van der Waals surface area contributed by atoms with Crippen LogP contribution >= 0.6 is 0 Å². The van der Waals surface area contributed by atoms with Crippen molar-refractivity contribution in [3.8, 4) is 0 Å². The number of fused-ring (bicyclic) bond motifs is 3. The van der Waals surface area contributed by atoms with E-state index in [4.69, 9.17) is 0 Å². The second-order valence-electron chi connectivity index (χ2n) is 7.66. The van der Waals surface area contributed by atoms with Gasteiger partial charge in [0.2, 0.25) is 0 Å². The minimum absolute atomic E-state index is 0.473. The smallest absolute Gasteiger partial charge is 0.0486 e. The number of hydrogen-bond donors (Lipinski definition) is 0. The van der Waals surface area contributed by atoms with E-state index in [0.717, 1.165) is 19.4 Å². The van der Waals surface area contributed by atoms with E-state index in [0.29, 0.717) is 12.1 Å². The molecule has 0 radical (unpaired) electrons. The van der Waals surface area contributed by atoms with Gasteiger partial charge in [-0.1, -0.05) is 42.0 Å². The van der Waals surface area contributed by atoms with Crippen molar-refractivity contribution in [2.75, 3.05) is 7.05 Å². The molecule has 1 aliphatic heterocycles. The molecular formula is C23H28N2.